The Morgan fingerprint density at radius 1 is 1.48 bits per heavy atom. The molecule has 0 aliphatic rings. The van der Waals surface area contributed by atoms with Gasteiger partial charge in [-0.2, -0.15) is 0 Å². The smallest absolute Gasteiger partial charge is 0.328 e. The minimum Gasteiger partial charge on any atom is -0.478 e. The van der Waals surface area contributed by atoms with E-state index in [-0.39, 0.29) is 5.91 Å². The van der Waals surface area contributed by atoms with Gasteiger partial charge in [0, 0.05) is 37.8 Å². The van der Waals surface area contributed by atoms with Crippen LogP contribution in [0.15, 0.2) is 35.9 Å². The lowest BCUT2D eigenvalue weighted by molar-refractivity contribution is -0.131. The third kappa shape index (κ3) is 3.82. The van der Waals surface area contributed by atoms with E-state index in [1.807, 2.05) is 30.8 Å². The van der Waals surface area contributed by atoms with Gasteiger partial charge in [-0.05, 0) is 35.2 Å². The molecule has 0 bridgehead atoms. The molecule has 0 aromatic carbocycles. The Balaban J connectivity index is 2.03. The fraction of sp³-hybridized carbons (Fsp3) is 0.200. The fourth-order valence-corrected chi connectivity index (χ4v) is 2.74. The number of aryl methyl sites for hydroxylation is 1. The quantitative estimate of drug-likeness (QED) is 0.863. The Morgan fingerprint density at radius 2 is 2.24 bits per heavy atom. The molecule has 1 N–H and O–H groups in total. The largest absolute Gasteiger partial charge is 0.478 e. The van der Waals surface area contributed by atoms with Gasteiger partial charge >= 0.3 is 5.97 Å². The van der Waals surface area contributed by atoms with Crippen LogP contribution in [0.2, 0.25) is 0 Å². The number of hydrogen-bond acceptors (Lipinski definition) is 3. The Kier molecular flexibility index (Phi) is 4.59. The van der Waals surface area contributed by atoms with Crippen molar-refractivity contribution < 1.29 is 14.7 Å². The molecular weight excluding hydrogens is 288 g/mol. The van der Waals surface area contributed by atoms with E-state index < -0.39 is 5.97 Å². The van der Waals surface area contributed by atoms with E-state index in [0.29, 0.717) is 12.2 Å². The topological polar surface area (TPSA) is 62.5 Å². The highest BCUT2D eigenvalue weighted by Gasteiger charge is 2.14. The maximum Gasteiger partial charge on any atom is 0.328 e. The Bertz CT molecular complexity index is 685. The summed E-state index contributed by atoms with van der Waals surface area (Å²) in [6.07, 6.45) is 4.49. The first-order valence-corrected chi connectivity index (χ1v) is 7.20. The van der Waals surface area contributed by atoms with Crippen LogP contribution in [0.4, 0.5) is 0 Å². The molecule has 0 aliphatic heterocycles. The standard InChI is InChI=1S/C15H16N2O3S/c1-16-7-3-4-13(16)15(20)17(2)9-11-8-12(21-10-11)5-6-14(18)19/h3-8,10H,9H2,1-2H3,(H,18,19). The van der Waals surface area contributed by atoms with Gasteiger partial charge in [0.05, 0.1) is 0 Å². The predicted octanol–water partition coefficient (Wildman–Crippen LogP) is 2.46. The first-order valence-electron chi connectivity index (χ1n) is 6.32. The SMILES string of the molecule is CN(Cc1csc(C=CC(=O)O)c1)C(=O)c1cccn1C. The Labute approximate surface area is 126 Å². The molecule has 2 aromatic heterocycles. The molecule has 110 valence electrons. The number of amides is 1. The molecule has 0 radical (unpaired) electrons. The van der Waals surface area contributed by atoms with Crippen molar-refractivity contribution >= 4 is 29.3 Å². The fourth-order valence-electron chi connectivity index (χ4n) is 1.94. The molecule has 6 heteroatoms. The Hall–Kier alpha value is -2.34. The summed E-state index contributed by atoms with van der Waals surface area (Å²) < 4.78 is 1.79. The van der Waals surface area contributed by atoms with Crippen molar-refractivity contribution in [2.45, 2.75) is 6.54 Å². The van der Waals surface area contributed by atoms with Crippen molar-refractivity contribution in [2.24, 2.45) is 7.05 Å². The van der Waals surface area contributed by atoms with Gasteiger partial charge in [0.15, 0.2) is 0 Å². The lowest BCUT2D eigenvalue weighted by Gasteiger charge is -2.16. The van der Waals surface area contributed by atoms with E-state index in [1.165, 1.54) is 11.3 Å². The second-order valence-electron chi connectivity index (χ2n) is 4.69. The van der Waals surface area contributed by atoms with Gasteiger partial charge in [-0.15, -0.1) is 11.3 Å². The molecule has 21 heavy (non-hydrogen) atoms. The zero-order valence-corrected chi connectivity index (χ0v) is 12.6. The van der Waals surface area contributed by atoms with Crippen LogP contribution in [-0.4, -0.2) is 33.5 Å². The highest BCUT2D eigenvalue weighted by Crippen LogP contribution is 2.18. The van der Waals surface area contributed by atoms with Crippen molar-refractivity contribution in [3.05, 3.63) is 52.0 Å². The first kappa shape index (κ1) is 15.1. The molecule has 2 rings (SSSR count). The first-order chi connectivity index (χ1) is 9.97. The summed E-state index contributed by atoms with van der Waals surface area (Å²) in [4.78, 5) is 25.2. The van der Waals surface area contributed by atoms with Crippen LogP contribution < -0.4 is 0 Å². The zero-order chi connectivity index (χ0) is 15.4. The summed E-state index contributed by atoms with van der Waals surface area (Å²) in [5.41, 5.74) is 1.62. The van der Waals surface area contributed by atoms with Crippen molar-refractivity contribution in [3.8, 4) is 0 Å². The number of carboxylic acid groups (broad SMARTS) is 1. The molecule has 2 heterocycles. The minimum absolute atomic E-state index is 0.0451. The summed E-state index contributed by atoms with van der Waals surface area (Å²) in [7, 11) is 3.58. The third-order valence-corrected chi connectivity index (χ3v) is 3.94. The van der Waals surface area contributed by atoms with Crippen molar-refractivity contribution in [2.75, 3.05) is 7.05 Å². The monoisotopic (exact) mass is 304 g/mol. The van der Waals surface area contributed by atoms with E-state index >= 15 is 0 Å². The summed E-state index contributed by atoms with van der Waals surface area (Å²) in [5.74, 6) is -1.02. The van der Waals surface area contributed by atoms with Gasteiger partial charge < -0.3 is 14.6 Å². The van der Waals surface area contributed by atoms with Crippen LogP contribution in [0.25, 0.3) is 6.08 Å². The maximum absolute atomic E-state index is 12.3. The summed E-state index contributed by atoms with van der Waals surface area (Å²) in [6, 6.07) is 5.51. The van der Waals surface area contributed by atoms with Crippen LogP contribution in [0, 0.1) is 0 Å². The minimum atomic E-state index is -0.971. The van der Waals surface area contributed by atoms with E-state index in [1.54, 1.807) is 28.7 Å². The number of nitrogens with zero attached hydrogens (tertiary/aromatic N) is 2. The average Bonchev–Trinajstić information content (AvgIpc) is 3.04. The molecule has 0 fully saturated rings. The molecule has 0 saturated carbocycles. The number of carbonyl (C=O) groups excluding carboxylic acids is 1. The summed E-state index contributed by atoms with van der Waals surface area (Å²) >= 11 is 1.45. The number of carboxylic acids is 1. The van der Waals surface area contributed by atoms with E-state index in [0.717, 1.165) is 16.5 Å². The molecular formula is C15H16N2O3S. The third-order valence-electron chi connectivity index (χ3n) is 2.99. The van der Waals surface area contributed by atoms with Crippen LogP contribution in [0.1, 0.15) is 20.9 Å². The van der Waals surface area contributed by atoms with Gasteiger partial charge in [-0.3, -0.25) is 4.79 Å². The van der Waals surface area contributed by atoms with Gasteiger partial charge in [0.2, 0.25) is 0 Å². The molecule has 1 amide bonds. The van der Waals surface area contributed by atoms with Crippen molar-refractivity contribution in [1.82, 2.24) is 9.47 Å². The maximum atomic E-state index is 12.3. The Morgan fingerprint density at radius 3 is 2.86 bits per heavy atom. The molecule has 0 atom stereocenters. The average molecular weight is 304 g/mol. The number of hydrogen-bond donors (Lipinski definition) is 1. The van der Waals surface area contributed by atoms with Crippen molar-refractivity contribution in [3.63, 3.8) is 0 Å². The molecule has 0 unspecified atom stereocenters. The number of aliphatic carboxylic acids is 1. The van der Waals surface area contributed by atoms with Crippen LogP contribution >= 0.6 is 11.3 Å². The van der Waals surface area contributed by atoms with Crippen LogP contribution in [0.5, 0.6) is 0 Å². The van der Waals surface area contributed by atoms with Gasteiger partial charge in [-0.25, -0.2) is 4.79 Å². The second-order valence-corrected chi connectivity index (χ2v) is 5.64. The van der Waals surface area contributed by atoms with E-state index in [2.05, 4.69) is 0 Å². The number of aromatic nitrogens is 1. The lowest BCUT2D eigenvalue weighted by atomic mass is 10.2. The highest BCUT2D eigenvalue weighted by molar-refractivity contribution is 7.11. The molecule has 0 saturated heterocycles. The predicted molar refractivity (Wildman–Crippen MR) is 82.2 cm³/mol. The van der Waals surface area contributed by atoms with Gasteiger partial charge in [0.1, 0.15) is 5.69 Å². The van der Waals surface area contributed by atoms with Gasteiger partial charge in [0.25, 0.3) is 5.91 Å². The number of carbonyl (C=O) groups is 2. The van der Waals surface area contributed by atoms with Crippen molar-refractivity contribution in [1.29, 1.82) is 0 Å². The van der Waals surface area contributed by atoms with Crippen LogP contribution in [-0.2, 0) is 18.4 Å². The zero-order valence-electron chi connectivity index (χ0n) is 11.8. The van der Waals surface area contributed by atoms with E-state index in [4.69, 9.17) is 5.11 Å². The molecule has 0 spiro atoms. The van der Waals surface area contributed by atoms with Gasteiger partial charge in [-0.1, -0.05) is 0 Å². The summed E-state index contributed by atoms with van der Waals surface area (Å²) in [5, 5.41) is 10.5. The highest BCUT2D eigenvalue weighted by atomic mass is 32.1. The van der Waals surface area contributed by atoms with E-state index in [9.17, 15) is 9.59 Å². The normalized spacial score (nSPS) is 11.0. The number of thiophene rings is 1. The lowest BCUT2D eigenvalue weighted by Crippen LogP contribution is -2.27. The molecule has 0 aliphatic carbocycles. The molecule has 5 nitrogen and oxygen atoms in total. The molecule has 2 aromatic rings. The number of rotatable bonds is 5. The van der Waals surface area contributed by atoms with Crippen LogP contribution in [0.3, 0.4) is 0 Å². The summed E-state index contributed by atoms with van der Waals surface area (Å²) in [6.45, 7) is 0.488. The second kappa shape index (κ2) is 6.41.